The van der Waals surface area contributed by atoms with Crippen LogP contribution in [0.5, 0.6) is 0 Å². The lowest BCUT2D eigenvalue weighted by Crippen LogP contribution is -2.39. The zero-order valence-corrected chi connectivity index (χ0v) is 12.9. The monoisotopic (exact) mass is 299 g/mol. The van der Waals surface area contributed by atoms with Crippen LogP contribution in [0.15, 0.2) is 18.2 Å². The number of hydrogen-bond donors (Lipinski definition) is 1. The second-order valence-corrected chi connectivity index (χ2v) is 6.84. The van der Waals surface area contributed by atoms with Gasteiger partial charge in [-0.05, 0) is 61.1 Å². The number of carbonyl (C=O) groups is 2. The number of hydrogen-bond acceptors (Lipinski definition) is 3. The summed E-state index contributed by atoms with van der Waals surface area (Å²) >= 11 is 0. The average molecular weight is 299 g/mol. The molecule has 1 aromatic rings. The van der Waals surface area contributed by atoms with Crippen molar-refractivity contribution >= 4 is 11.9 Å². The summed E-state index contributed by atoms with van der Waals surface area (Å²) in [7, 11) is 1.35. The minimum atomic E-state index is -0.912. The van der Waals surface area contributed by atoms with E-state index in [-0.39, 0.29) is 11.9 Å². The van der Waals surface area contributed by atoms with Crippen LogP contribution >= 0.6 is 0 Å². The number of aryl methyl sites for hydroxylation is 1. The standard InChI is InChI=1S/C18H21NO3/c1-22-17(21)18(8-9-18)16(20)19-14-10-12-6-2-4-11-5-3-7-13(14)15(11)12/h3,5,7,12,14H,2,4,6,8-10H2,1H3,(H,19,20)/t12-,14+/m0/s1. The van der Waals surface area contributed by atoms with Crippen molar-refractivity contribution in [3.63, 3.8) is 0 Å². The third-order valence-electron chi connectivity index (χ3n) is 5.60. The fourth-order valence-electron chi connectivity index (χ4n) is 4.26. The highest BCUT2D eigenvalue weighted by molar-refractivity contribution is 6.05. The van der Waals surface area contributed by atoms with E-state index in [9.17, 15) is 9.59 Å². The van der Waals surface area contributed by atoms with E-state index in [4.69, 9.17) is 4.74 Å². The van der Waals surface area contributed by atoms with Crippen LogP contribution in [0.4, 0.5) is 0 Å². The number of carbonyl (C=O) groups excluding carboxylic acids is 2. The molecule has 0 radical (unpaired) electrons. The van der Waals surface area contributed by atoms with Crippen molar-refractivity contribution in [2.45, 2.75) is 50.5 Å². The molecular weight excluding hydrogens is 278 g/mol. The maximum Gasteiger partial charge on any atom is 0.321 e. The number of rotatable bonds is 3. The van der Waals surface area contributed by atoms with Gasteiger partial charge in [-0.25, -0.2) is 0 Å². The maximum atomic E-state index is 12.6. The molecule has 22 heavy (non-hydrogen) atoms. The maximum absolute atomic E-state index is 12.6. The molecule has 0 aromatic heterocycles. The summed E-state index contributed by atoms with van der Waals surface area (Å²) in [4.78, 5) is 24.4. The molecule has 0 saturated heterocycles. The predicted molar refractivity (Wildman–Crippen MR) is 81.3 cm³/mol. The lowest BCUT2D eigenvalue weighted by atomic mass is 9.84. The zero-order valence-electron chi connectivity index (χ0n) is 12.9. The third kappa shape index (κ3) is 1.89. The summed E-state index contributed by atoms with van der Waals surface area (Å²) in [6.07, 6.45) is 5.76. The molecule has 1 aromatic carbocycles. The fourth-order valence-corrected chi connectivity index (χ4v) is 4.26. The Kier molecular flexibility index (Phi) is 3.03. The predicted octanol–water partition coefficient (Wildman–Crippen LogP) is 2.62. The van der Waals surface area contributed by atoms with Gasteiger partial charge >= 0.3 is 5.97 Å². The minimum Gasteiger partial charge on any atom is -0.468 e. The first-order valence-corrected chi connectivity index (χ1v) is 8.17. The number of methoxy groups -OCH3 is 1. The molecule has 0 spiro atoms. The van der Waals surface area contributed by atoms with Crippen LogP contribution in [0.2, 0.25) is 0 Å². The zero-order chi connectivity index (χ0) is 15.3. The summed E-state index contributed by atoms with van der Waals surface area (Å²) in [5.74, 6) is 0.0250. The van der Waals surface area contributed by atoms with E-state index in [0.29, 0.717) is 18.8 Å². The van der Waals surface area contributed by atoms with Crippen molar-refractivity contribution in [3.8, 4) is 0 Å². The molecule has 0 aliphatic heterocycles. The Hall–Kier alpha value is -1.84. The van der Waals surface area contributed by atoms with Gasteiger partial charge in [0, 0.05) is 0 Å². The minimum absolute atomic E-state index is 0.0488. The summed E-state index contributed by atoms with van der Waals surface area (Å²) < 4.78 is 4.80. The van der Waals surface area contributed by atoms with Crippen LogP contribution in [0.25, 0.3) is 0 Å². The number of nitrogens with one attached hydrogen (secondary N) is 1. The largest absolute Gasteiger partial charge is 0.468 e. The molecule has 116 valence electrons. The summed E-state index contributed by atoms with van der Waals surface area (Å²) in [6, 6.07) is 6.49. The quantitative estimate of drug-likeness (QED) is 0.689. The van der Waals surface area contributed by atoms with Crippen LogP contribution in [0.1, 0.15) is 60.8 Å². The summed E-state index contributed by atoms with van der Waals surface area (Å²) in [5.41, 5.74) is 3.25. The molecular formula is C18H21NO3. The van der Waals surface area contributed by atoms with Gasteiger partial charge in [0.05, 0.1) is 13.2 Å². The molecule has 4 nitrogen and oxygen atoms in total. The first-order chi connectivity index (χ1) is 10.7. The first kappa shape index (κ1) is 13.8. The van der Waals surface area contributed by atoms with Gasteiger partial charge in [0.15, 0.2) is 0 Å². The molecule has 4 rings (SSSR count). The smallest absolute Gasteiger partial charge is 0.321 e. The van der Waals surface area contributed by atoms with E-state index >= 15 is 0 Å². The molecule has 1 N–H and O–H groups in total. The second kappa shape index (κ2) is 4.83. The van der Waals surface area contributed by atoms with Crippen LogP contribution < -0.4 is 5.32 Å². The Balaban J connectivity index is 1.58. The molecule has 1 fully saturated rings. The van der Waals surface area contributed by atoms with Gasteiger partial charge in [-0.3, -0.25) is 9.59 Å². The molecule has 3 aliphatic rings. The van der Waals surface area contributed by atoms with Gasteiger partial charge in [0.25, 0.3) is 0 Å². The molecule has 3 aliphatic carbocycles. The van der Waals surface area contributed by atoms with Crippen LogP contribution in [-0.2, 0) is 20.7 Å². The van der Waals surface area contributed by atoms with Crippen LogP contribution in [0.3, 0.4) is 0 Å². The van der Waals surface area contributed by atoms with E-state index in [1.54, 1.807) is 0 Å². The van der Waals surface area contributed by atoms with Gasteiger partial charge in [0.2, 0.25) is 5.91 Å². The molecule has 0 heterocycles. The molecule has 2 atom stereocenters. The van der Waals surface area contributed by atoms with Crippen molar-refractivity contribution in [1.29, 1.82) is 0 Å². The Morgan fingerprint density at radius 3 is 2.86 bits per heavy atom. The lowest BCUT2D eigenvalue weighted by molar-refractivity contribution is -0.152. The Labute approximate surface area is 130 Å². The molecule has 4 heteroatoms. The SMILES string of the molecule is COC(=O)C1(C(=O)N[C@@H]2C[C@@H]3CCCc4cccc2c43)CC1. The average Bonchev–Trinajstić information content (AvgIpc) is 3.28. The number of benzene rings is 1. The summed E-state index contributed by atoms with van der Waals surface area (Å²) in [5, 5.41) is 3.13. The van der Waals surface area contributed by atoms with Gasteiger partial charge in [0.1, 0.15) is 5.41 Å². The van der Waals surface area contributed by atoms with Crippen molar-refractivity contribution in [3.05, 3.63) is 34.9 Å². The van der Waals surface area contributed by atoms with Gasteiger partial charge < -0.3 is 10.1 Å². The van der Waals surface area contributed by atoms with Gasteiger partial charge in [-0.1, -0.05) is 18.2 Å². The van der Waals surface area contributed by atoms with Crippen molar-refractivity contribution in [2.75, 3.05) is 7.11 Å². The Bertz CT molecular complexity index is 648. The normalized spacial score (nSPS) is 27.0. The van der Waals surface area contributed by atoms with E-state index in [2.05, 4.69) is 23.5 Å². The van der Waals surface area contributed by atoms with Gasteiger partial charge in [-0.2, -0.15) is 0 Å². The van der Waals surface area contributed by atoms with E-state index in [1.165, 1.54) is 36.6 Å². The second-order valence-electron chi connectivity index (χ2n) is 6.84. The highest BCUT2D eigenvalue weighted by Crippen LogP contribution is 2.50. The van der Waals surface area contributed by atoms with Crippen LogP contribution in [0, 0.1) is 5.41 Å². The fraction of sp³-hybridized carbons (Fsp3) is 0.556. The lowest BCUT2D eigenvalue weighted by Gasteiger charge is -2.20. The Morgan fingerprint density at radius 2 is 2.14 bits per heavy atom. The van der Waals surface area contributed by atoms with E-state index in [1.807, 2.05) is 0 Å². The molecule has 0 bridgehead atoms. The van der Waals surface area contributed by atoms with Crippen LogP contribution in [-0.4, -0.2) is 19.0 Å². The van der Waals surface area contributed by atoms with E-state index in [0.717, 1.165) is 12.8 Å². The Morgan fingerprint density at radius 1 is 1.32 bits per heavy atom. The topological polar surface area (TPSA) is 55.4 Å². The number of esters is 1. The summed E-state index contributed by atoms with van der Waals surface area (Å²) in [6.45, 7) is 0. The number of ether oxygens (including phenoxy) is 1. The van der Waals surface area contributed by atoms with Crippen molar-refractivity contribution in [1.82, 2.24) is 5.32 Å². The third-order valence-corrected chi connectivity index (χ3v) is 5.60. The van der Waals surface area contributed by atoms with Gasteiger partial charge in [-0.15, -0.1) is 0 Å². The molecule has 1 amide bonds. The molecule has 1 saturated carbocycles. The number of amides is 1. The molecule has 0 unspecified atom stereocenters. The van der Waals surface area contributed by atoms with E-state index < -0.39 is 11.4 Å². The highest BCUT2D eigenvalue weighted by Gasteiger charge is 2.58. The van der Waals surface area contributed by atoms with Crippen molar-refractivity contribution in [2.24, 2.45) is 5.41 Å². The van der Waals surface area contributed by atoms with Crippen molar-refractivity contribution < 1.29 is 14.3 Å². The highest BCUT2D eigenvalue weighted by atomic mass is 16.5. The first-order valence-electron chi connectivity index (χ1n) is 8.17.